The summed E-state index contributed by atoms with van der Waals surface area (Å²) in [5.74, 6) is 0.798. The molecule has 3 nitrogen and oxygen atoms in total. The minimum absolute atomic E-state index is 0.259. The molecule has 1 unspecified atom stereocenters. The summed E-state index contributed by atoms with van der Waals surface area (Å²) in [6.07, 6.45) is 3.84. The third-order valence-corrected chi connectivity index (χ3v) is 2.85. The minimum atomic E-state index is 0.259. The van der Waals surface area contributed by atoms with Crippen LogP contribution in [-0.2, 0) is 6.42 Å². The summed E-state index contributed by atoms with van der Waals surface area (Å²) >= 11 is 0. The third kappa shape index (κ3) is 3.42. The molecule has 0 bridgehead atoms. The van der Waals surface area contributed by atoms with Crippen molar-refractivity contribution in [3.8, 4) is 11.5 Å². The fraction of sp³-hybridized carbons (Fsp3) is 0.538. The first kappa shape index (κ1) is 12.8. The second-order valence-electron chi connectivity index (χ2n) is 4.03. The van der Waals surface area contributed by atoms with Gasteiger partial charge < -0.3 is 15.6 Å². The van der Waals surface area contributed by atoms with Crippen LogP contribution in [0.4, 0.5) is 0 Å². The number of rotatable bonds is 6. The lowest BCUT2D eigenvalue weighted by Gasteiger charge is -2.10. The number of para-hydroxylation sites is 1. The first-order valence-corrected chi connectivity index (χ1v) is 5.79. The average molecular weight is 223 g/mol. The van der Waals surface area contributed by atoms with Crippen LogP contribution in [0.5, 0.6) is 11.5 Å². The normalized spacial score (nSPS) is 12.4. The molecule has 1 aromatic carbocycles. The standard InChI is InChI=1S/C13H21NO2/c1-3-11(14)8-4-6-10-7-5-9-12(16-2)13(10)15/h5,7,9,11,15H,3-4,6,8,14H2,1-2H3. The molecule has 0 spiro atoms. The van der Waals surface area contributed by atoms with Gasteiger partial charge in [0.05, 0.1) is 7.11 Å². The van der Waals surface area contributed by atoms with E-state index >= 15 is 0 Å². The van der Waals surface area contributed by atoms with Gasteiger partial charge in [-0.2, -0.15) is 0 Å². The number of aryl methyl sites for hydroxylation is 1. The van der Waals surface area contributed by atoms with Crippen molar-refractivity contribution in [2.24, 2.45) is 5.73 Å². The zero-order valence-electron chi connectivity index (χ0n) is 10.1. The molecule has 0 saturated carbocycles. The molecular formula is C13H21NO2. The Morgan fingerprint density at radius 2 is 2.19 bits per heavy atom. The number of hydrogen-bond acceptors (Lipinski definition) is 3. The Balaban J connectivity index is 2.54. The average Bonchev–Trinajstić information content (AvgIpc) is 2.31. The van der Waals surface area contributed by atoms with Gasteiger partial charge in [-0.15, -0.1) is 0 Å². The van der Waals surface area contributed by atoms with Crippen LogP contribution in [-0.4, -0.2) is 18.3 Å². The number of ether oxygens (including phenoxy) is 1. The third-order valence-electron chi connectivity index (χ3n) is 2.85. The van der Waals surface area contributed by atoms with Gasteiger partial charge in [0.2, 0.25) is 0 Å². The Hall–Kier alpha value is -1.22. The SMILES string of the molecule is CCC(N)CCCc1cccc(OC)c1O. The van der Waals surface area contributed by atoms with Gasteiger partial charge in [-0.1, -0.05) is 19.1 Å². The highest BCUT2D eigenvalue weighted by Crippen LogP contribution is 2.30. The van der Waals surface area contributed by atoms with E-state index in [4.69, 9.17) is 10.5 Å². The highest BCUT2D eigenvalue weighted by Gasteiger charge is 2.07. The molecule has 16 heavy (non-hydrogen) atoms. The number of phenolic OH excluding ortho intramolecular Hbond substituents is 1. The molecule has 0 amide bonds. The lowest BCUT2D eigenvalue weighted by molar-refractivity contribution is 0.370. The van der Waals surface area contributed by atoms with E-state index in [2.05, 4.69) is 6.92 Å². The maximum Gasteiger partial charge on any atom is 0.160 e. The molecule has 1 atom stereocenters. The fourth-order valence-electron chi connectivity index (χ4n) is 1.69. The first-order chi connectivity index (χ1) is 7.69. The number of phenols is 1. The van der Waals surface area contributed by atoms with Crippen molar-refractivity contribution >= 4 is 0 Å². The first-order valence-electron chi connectivity index (χ1n) is 5.79. The summed E-state index contributed by atoms with van der Waals surface area (Å²) in [5, 5.41) is 9.85. The molecule has 0 aliphatic heterocycles. The van der Waals surface area contributed by atoms with Gasteiger partial charge in [0.25, 0.3) is 0 Å². The Morgan fingerprint density at radius 1 is 1.44 bits per heavy atom. The van der Waals surface area contributed by atoms with Crippen molar-refractivity contribution in [3.63, 3.8) is 0 Å². The highest BCUT2D eigenvalue weighted by atomic mass is 16.5. The smallest absolute Gasteiger partial charge is 0.160 e. The lowest BCUT2D eigenvalue weighted by Crippen LogP contribution is -2.18. The van der Waals surface area contributed by atoms with E-state index in [9.17, 15) is 5.11 Å². The van der Waals surface area contributed by atoms with E-state index in [1.807, 2.05) is 12.1 Å². The molecule has 3 N–H and O–H groups in total. The lowest BCUT2D eigenvalue weighted by atomic mass is 10.0. The molecule has 1 rings (SSSR count). The number of benzene rings is 1. The molecule has 1 aromatic rings. The molecular weight excluding hydrogens is 202 g/mol. The van der Waals surface area contributed by atoms with Gasteiger partial charge >= 0.3 is 0 Å². The van der Waals surface area contributed by atoms with E-state index in [1.165, 1.54) is 0 Å². The summed E-state index contributed by atoms with van der Waals surface area (Å²) in [6.45, 7) is 2.09. The van der Waals surface area contributed by atoms with Crippen LogP contribution in [0.3, 0.4) is 0 Å². The number of aromatic hydroxyl groups is 1. The zero-order valence-corrected chi connectivity index (χ0v) is 10.1. The Morgan fingerprint density at radius 3 is 2.81 bits per heavy atom. The highest BCUT2D eigenvalue weighted by molar-refractivity contribution is 5.45. The molecule has 0 aromatic heterocycles. The summed E-state index contributed by atoms with van der Waals surface area (Å²) in [5.41, 5.74) is 6.78. The van der Waals surface area contributed by atoms with Crippen molar-refractivity contribution in [3.05, 3.63) is 23.8 Å². The number of methoxy groups -OCH3 is 1. The van der Waals surface area contributed by atoms with Gasteiger partial charge in [0.1, 0.15) is 0 Å². The summed E-state index contributed by atoms with van der Waals surface area (Å²) < 4.78 is 5.06. The summed E-state index contributed by atoms with van der Waals surface area (Å²) in [7, 11) is 1.56. The van der Waals surface area contributed by atoms with Crippen LogP contribution in [0.15, 0.2) is 18.2 Å². The maximum absolute atomic E-state index is 9.85. The number of hydrogen-bond donors (Lipinski definition) is 2. The second-order valence-corrected chi connectivity index (χ2v) is 4.03. The quantitative estimate of drug-likeness (QED) is 0.779. The van der Waals surface area contributed by atoms with E-state index in [1.54, 1.807) is 13.2 Å². The van der Waals surface area contributed by atoms with E-state index in [-0.39, 0.29) is 11.8 Å². The predicted octanol–water partition coefficient (Wildman–Crippen LogP) is 2.46. The fourth-order valence-corrected chi connectivity index (χ4v) is 1.69. The maximum atomic E-state index is 9.85. The van der Waals surface area contributed by atoms with Crippen LogP contribution < -0.4 is 10.5 Å². The minimum Gasteiger partial charge on any atom is -0.504 e. The largest absolute Gasteiger partial charge is 0.504 e. The molecule has 0 radical (unpaired) electrons. The second kappa shape index (κ2) is 6.38. The van der Waals surface area contributed by atoms with Crippen LogP contribution in [0, 0.1) is 0 Å². The van der Waals surface area contributed by atoms with Crippen molar-refractivity contribution in [1.29, 1.82) is 0 Å². The molecule has 0 aliphatic carbocycles. The van der Waals surface area contributed by atoms with Crippen molar-refractivity contribution in [2.75, 3.05) is 7.11 Å². The van der Waals surface area contributed by atoms with Gasteiger partial charge in [-0.05, 0) is 37.3 Å². The Bertz CT molecular complexity index is 326. The van der Waals surface area contributed by atoms with E-state index in [0.29, 0.717) is 5.75 Å². The molecule has 0 aliphatic rings. The zero-order chi connectivity index (χ0) is 12.0. The summed E-state index contributed by atoms with van der Waals surface area (Å²) in [4.78, 5) is 0. The van der Waals surface area contributed by atoms with Gasteiger partial charge in [0, 0.05) is 6.04 Å². The number of nitrogens with two attached hydrogens (primary N) is 1. The van der Waals surface area contributed by atoms with Crippen molar-refractivity contribution in [2.45, 2.75) is 38.6 Å². The Kier molecular flexibility index (Phi) is 5.12. The van der Waals surface area contributed by atoms with E-state index in [0.717, 1.165) is 31.2 Å². The molecule has 0 fully saturated rings. The topological polar surface area (TPSA) is 55.5 Å². The van der Waals surface area contributed by atoms with Gasteiger partial charge in [-0.25, -0.2) is 0 Å². The Labute approximate surface area is 97.2 Å². The monoisotopic (exact) mass is 223 g/mol. The predicted molar refractivity (Wildman–Crippen MR) is 65.9 cm³/mol. The van der Waals surface area contributed by atoms with Crippen LogP contribution in [0.2, 0.25) is 0 Å². The molecule has 0 heterocycles. The van der Waals surface area contributed by atoms with Crippen LogP contribution >= 0.6 is 0 Å². The molecule has 0 saturated heterocycles. The van der Waals surface area contributed by atoms with Crippen molar-refractivity contribution < 1.29 is 9.84 Å². The summed E-state index contributed by atoms with van der Waals surface area (Å²) in [6, 6.07) is 5.85. The molecule has 3 heteroatoms. The van der Waals surface area contributed by atoms with E-state index < -0.39 is 0 Å². The van der Waals surface area contributed by atoms with Crippen LogP contribution in [0.1, 0.15) is 31.7 Å². The van der Waals surface area contributed by atoms with Crippen LogP contribution in [0.25, 0.3) is 0 Å². The van der Waals surface area contributed by atoms with Crippen molar-refractivity contribution in [1.82, 2.24) is 0 Å². The van der Waals surface area contributed by atoms with Gasteiger partial charge in [-0.3, -0.25) is 0 Å². The van der Waals surface area contributed by atoms with Gasteiger partial charge in [0.15, 0.2) is 11.5 Å². The molecule has 90 valence electrons.